The van der Waals surface area contributed by atoms with E-state index in [1.165, 1.54) is 11.3 Å². The fraction of sp³-hybridized carbons (Fsp3) is 0.421. The molecule has 0 spiro atoms. The molecule has 5 nitrogen and oxygen atoms in total. The number of nitrogens with one attached hydrogen (secondary N) is 1. The molecular formula is C19H23N3O2S. The van der Waals surface area contributed by atoms with Crippen molar-refractivity contribution in [1.82, 2.24) is 9.88 Å². The molecule has 0 saturated heterocycles. The van der Waals surface area contributed by atoms with Crippen LogP contribution in [0, 0.1) is 6.92 Å². The van der Waals surface area contributed by atoms with Crippen molar-refractivity contribution >= 4 is 28.3 Å². The Morgan fingerprint density at radius 2 is 1.92 bits per heavy atom. The first-order valence-electron chi connectivity index (χ1n) is 8.69. The second-order valence-electron chi connectivity index (χ2n) is 6.25. The van der Waals surface area contributed by atoms with Crippen molar-refractivity contribution in [1.29, 1.82) is 0 Å². The van der Waals surface area contributed by atoms with Gasteiger partial charge >= 0.3 is 0 Å². The molecule has 2 aromatic rings. The smallest absolute Gasteiger partial charge is 0.257 e. The molecular weight excluding hydrogens is 334 g/mol. The maximum atomic E-state index is 12.7. The van der Waals surface area contributed by atoms with Crippen molar-refractivity contribution < 1.29 is 9.59 Å². The van der Waals surface area contributed by atoms with Crippen LogP contribution in [-0.4, -0.2) is 34.8 Å². The van der Waals surface area contributed by atoms with Gasteiger partial charge in [-0.05, 0) is 45.7 Å². The van der Waals surface area contributed by atoms with E-state index >= 15 is 0 Å². The van der Waals surface area contributed by atoms with Gasteiger partial charge in [0, 0.05) is 23.5 Å². The molecule has 1 aromatic heterocycles. The molecule has 1 N–H and O–H groups in total. The van der Waals surface area contributed by atoms with Crippen LogP contribution in [0.2, 0.25) is 0 Å². The van der Waals surface area contributed by atoms with Gasteiger partial charge in [0.2, 0.25) is 5.91 Å². The molecule has 2 amide bonds. The molecule has 0 fully saturated rings. The first-order valence-corrected chi connectivity index (χ1v) is 9.51. The SMILES string of the molecule is CCN(CC)C(=O)C1CCc2sc(NC(=O)c3ccc(C)cc3)nc21. The van der Waals surface area contributed by atoms with E-state index < -0.39 is 0 Å². The maximum absolute atomic E-state index is 12.7. The van der Waals surface area contributed by atoms with Crippen LogP contribution in [0.25, 0.3) is 0 Å². The number of fused-ring (bicyclic) bond motifs is 1. The van der Waals surface area contributed by atoms with Crippen LogP contribution in [-0.2, 0) is 11.2 Å². The molecule has 1 aliphatic carbocycles. The number of benzene rings is 1. The molecule has 1 aromatic carbocycles. The highest BCUT2D eigenvalue weighted by molar-refractivity contribution is 7.16. The number of carbonyl (C=O) groups excluding carboxylic acids is 2. The number of anilines is 1. The maximum Gasteiger partial charge on any atom is 0.257 e. The van der Waals surface area contributed by atoms with Crippen molar-refractivity contribution in [2.75, 3.05) is 18.4 Å². The normalized spacial score (nSPS) is 15.7. The quantitative estimate of drug-likeness (QED) is 0.889. The Labute approximate surface area is 152 Å². The van der Waals surface area contributed by atoms with Gasteiger partial charge in [-0.3, -0.25) is 14.9 Å². The average Bonchev–Trinajstić information content (AvgIpc) is 3.16. The van der Waals surface area contributed by atoms with E-state index in [1.54, 1.807) is 12.1 Å². The molecule has 3 rings (SSSR count). The fourth-order valence-electron chi connectivity index (χ4n) is 3.15. The minimum atomic E-state index is -0.170. The molecule has 0 aliphatic heterocycles. The number of amides is 2. The Balaban J connectivity index is 1.74. The number of nitrogens with zero attached hydrogens (tertiary/aromatic N) is 2. The van der Waals surface area contributed by atoms with E-state index in [9.17, 15) is 9.59 Å². The van der Waals surface area contributed by atoms with E-state index in [2.05, 4.69) is 10.3 Å². The molecule has 1 unspecified atom stereocenters. The van der Waals surface area contributed by atoms with Crippen LogP contribution in [0.5, 0.6) is 0 Å². The Kier molecular flexibility index (Phi) is 5.18. The first-order chi connectivity index (χ1) is 12.0. The van der Waals surface area contributed by atoms with E-state index in [0.29, 0.717) is 23.8 Å². The summed E-state index contributed by atoms with van der Waals surface area (Å²) in [6.07, 6.45) is 1.67. The lowest BCUT2D eigenvalue weighted by molar-refractivity contribution is -0.132. The van der Waals surface area contributed by atoms with Crippen molar-refractivity contribution in [3.05, 3.63) is 46.0 Å². The van der Waals surface area contributed by atoms with E-state index in [4.69, 9.17) is 0 Å². The van der Waals surface area contributed by atoms with Gasteiger partial charge in [0.25, 0.3) is 5.91 Å². The monoisotopic (exact) mass is 357 g/mol. The van der Waals surface area contributed by atoms with Crippen LogP contribution in [0.4, 0.5) is 5.13 Å². The van der Waals surface area contributed by atoms with Crippen molar-refractivity contribution in [3.63, 3.8) is 0 Å². The molecule has 1 heterocycles. The molecule has 1 atom stereocenters. The predicted octanol–water partition coefficient (Wildman–Crippen LogP) is 3.60. The minimum Gasteiger partial charge on any atom is -0.343 e. The highest BCUT2D eigenvalue weighted by Gasteiger charge is 2.34. The van der Waals surface area contributed by atoms with Crippen LogP contribution in [0.15, 0.2) is 24.3 Å². The van der Waals surface area contributed by atoms with Gasteiger partial charge < -0.3 is 4.90 Å². The van der Waals surface area contributed by atoms with E-state index in [1.807, 2.05) is 37.8 Å². The summed E-state index contributed by atoms with van der Waals surface area (Å²) in [4.78, 5) is 32.5. The zero-order valence-electron chi connectivity index (χ0n) is 14.8. The number of rotatable bonds is 5. The average molecular weight is 357 g/mol. The highest BCUT2D eigenvalue weighted by Crippen LogP contribution is 2.39. The third-order valence-electron chi connectivity index (χ3n) is 4.63. The molecule has 0 bridgehead atoms. The summed E-state index contributed by atoms with van der Waals surface area (Å²) < 4.78 is 0. The molecule has 0 radical (unpaired) electrons. The number of carbonyl (C=O) groups is 2. The second kappa shape index (κ2) is 7.35. The van der Waals surface area contributed by atoms with Crippen molar-refractivity contribution in [2.24, 2.45) is 0 Å². The Hall–Kier alpha value is -2.21. The summed E-state index contributed by atoms with van der Waals surface area (Å²) in [5, 5.41) is 3.44. The lowest BCUT2D eigenvalue weighted by Gasteiger charge is -2.22. The predicted molar refractivity (Wildman–Crippen MR) is 100 cm³/mol. The largest absolute Gasteiger partial charge is 0.343 e. The molecule has 1 aliphatic rings. The standard InChI is InChI=1S/C19H23N3O2S/c1-4-22(5-2)18(24)14-10-11-15-16(14)20-19(25-15)21-17(23)13-8-6-12(3)7-9-13/h6-9,14H,4-5,10-11H2,1-3H3,(H,20,21,23). The summed E-state index contributed by atoms with van der Waals surface area (Å²) in [5.74, 6) is -0.194. The van der Waals surface area contributed by atoms with Gasteiger partial charge in [0.05, 0.1) is 11.6 Å². The third-order valence-corrected chi connectivity index (χ3v) is 5.67. The fourth-order valence-corrected chi connectivity index (χ4v) is 4.18. The molecule has 25 heavy (non-hydrogen) atoms. The van der Waals surface area contributed by atoms with Crippen LogP contribution >= 0.6 is 11.3 Å². The van der Waals surface area contributed by atoms with Gasteiger partial charge in [-0.25, -0.2) is 4.98 Å². The second-order valence-corrected chi connectivity index (χ2v) is 7.33. The van der Waals surface area contributed by atoms with Crippen LogP contribution < -0.4 is 5.32 Å². The zero-order valence-corrected chi connectivity index (χ0v) is 15.7. The summed E-state index contributed by atoms with van der Waals surface area (Å²) in [7, 11) is 0. The number of thiazole rings is 1. The van der Waals surface area contributed by atoms with Gasteiger partial charge in [0.1, 0.15) is 0 Å². The highest BCUT2D eigenvalue weighted by atomic mass is 32.1. The number of aryl methyl sites for hydroxylation is 2. The third kappa shape index (κ3) is 3.58. The Bertz CT molecular complexity index is 778. The summed E-state index contributed by atoms with van der Waals surface area (Å²) in [6, 6.07) is 7.43. The Morgan fingerprint density at radius 1 is 1.24 bits per heavy atom. The van der Waals surface area contributed by atoms with Gasteiger partial charge in [-0.15, -0.1) is 11.3 Å². The molecule has 6 heteroatoms. The molecule has 0 saturated carbocycles. The van der Waals surface area contributed by atoms with Crippen LogP contribution in [0.1, 0.15) is 52.7 Å². The summed E-state index contributed by atoms with van der Waals surface area (Å²) in [5.41, 5.74) is 2.57. The van der Waals surface area contributed by atoms with Gasteiger partial charge in [0.15, 0.2) is 5.13 Å². The van der Waals surface area contributed by atoms with Gasteiger partial charge in [-0.2, -0.15) is 0 Å². The lowest BCUT2D eigenvalue weighted by atomic mass is 10.1. The summed E-state index contributed by atoms with van der Waals surface area (Å²) >= 11 is 1.48. The zero-order chi connectivity index (χ0) is 18.0. The topological polar surface area (TPSA) is 62.3 Å². The number of hydrogen-bond donors (Lipinski definition) is 1. The van der Waals surface area contributed by atoms with Gasteiger partial charge in [-0.1, -0.05) is 17.7 Å². The lowest BCUT2D eigenvalue weighted by Crippen LogP contribution is -2.34. The van der Waals surface area contributed by atoms with E-state index in [0.717, 1.165) is 29.0 Å². The minimum absolute atomic E-state index is 0.144. The Morgan fingerprint density at radius 3 is 2.56 bits per heavy atom. The van der Waals surface area contributed by atoms with E-state index in [-0.39, 0.29) is 17.7 Å². The summed E-state index contributed by atoms with van der Waals surface area (Å²) in [6.45, 7) is 7.39. The molecule has 132 valence electrons. The number of likely N-dealkylation sites (N-methyl/N-ethyl adjacent to an activating group) is 1. The number of aromatic nitrogens is 1. The number of hydrogen-bond acceptors (Lipinski definition) is 4. The first kappa shape index (κ1) is 17.6. The van der Waals surface area contributed by atoms with Crippen molar-refractivity contribution in [2.45, 2.75) is 39.5 Å². The van der Waals surface area contributed by atoms with Crippen molar-refractivity contribution in [3.8, 4) is 0 Å². The van der Waals surface area contributed by atoms with Crippen LogP contribution in [0.3, 0.4) is 0 Å².